The molecule has 1 aromatic rings. The average molecular weight is 402 g/mol. The molecule has 2 aliphatic rings. The van der Waals surface area contributed by atoms with Crippen LogP contribution < -0.4 is 34.7 Å². The first kappa shape index (κ1) is 21.5. The molecule has 0 radical (unpaired) electrons. The number of hydrogen-bond acceptors (Lipinski definition) is 8. The van der Waals surface area contributed by atoms with Crippen molar-refractivity contribution in [2.45, 2.75) is 30.0 Å². The number of hydrogen-bond donors (Lipinski definition) is 0. The molecule has 0 aromatic carbocycles. The van der Waals surface area contributed by atoms with Crippen LogP contribution in [-0.4, -0.2) is 58.9 Å². The Morgan fingerprint density at radius 2 is 2.07 bits per heavy atom. The number of carbonyl (C=O) groups is 3. The minimum Gasteiger partial charge on any atom is -0.548 e. The van der Waals surface area contributed by atoms with Crippen molar-refractivity contribution in [3.05, 3.63) is 35.7 Å². The summed E-state index contributed by atoms with van der Waals surface area (Å²) in [5, 5.41) is 10.2. The number of β-lactam (4-membered cyclic amide) rings is 1. The SMILES string of the molecule is CC(=O)OC[C@@]1(C)[C@H](C(=O)[O-])N2C(=O)/C(=C\c3ccccn3)[C@H]2S1(=O)=O.[Na+]. The van der Waals surface area contributed by atoms with E-state index in [2.05, 4.69) is 4.98 Å². The third-order valence-electron chi connectivity index (χ3n) is 4.58. The first-order chi connectivity index (χ1) is 12.1. The fraction of sp³-hybridized carbons (Fsp3) is 0.375. The monoisotopic (exact) mass is 402 g/mol. The molecular weight excluding hydrogens is 387 g/mol. The summed E-state index contributed by atoms with van der Waals surface area (Å²) in [5.74, 6) is -3.22. The van der Waals surface area contributed by atoms with Crippen molar-refractivity contribution in [1.29, 1.82) is 0 Å². The van der Waals surface area contributed by atoms with Gasteiger partial charge in [-0.3, -0.25) is 14.6 Å². The molecule has 9 nitrogen and oxygen atoms in total. The van der Waals surface area contributed by atoms with Crippen molar-refractivity contribution in [2.75, 3.05) is 6.61 Å². The largest absolute Gasteiger partial charge is 1.00 e. The first-order valence-corrected chi connectivity index (χ1v) is 9.19. The Labute approximate surface area is 177 Å². The van der Waals surface area contributed by atoms with E-state index in [9.17, 15) is 27.9 Å². The summed E-state index contributed by atoms with van der Waals surface area (Å²) in [6.45, 7) is 1.52. The minimum absolute atomic E-state index is 0. The number of amides is 1. The van der Waals surface area contributed by atoms with Gasteiger partial charge in [-0.1, -0.05) is 6.07 Å². The van der Waals surface area contributed by atoms with Crippen LogP contribution in [0.25, 0.3) is 6.08 Å². The average Bonchev–Trinajstić information content (AvgIpc) is 2.74. The normalized spacial score (nSPS) is 29.5. The van der Waals surface area contributed by atoms with E-state index >= 15 is 0 Å². The standard InChI is InChI=1S/C16H16N2O7S.Na/c1-9(19)25-8-16(2)12(15(21)22)18-13(20)11(14(18)26(16,23)24)7-10-5-3-4-6-17-10;/h3-7,12,14H,8H2,1-2H3,(H,21,22);/q;+1/p-1/b11-7+;/t12-,14+,16-;/m0./s1. The number of carbonyl (C=O) groups excluding carboxylic acids is 3. The number of carboxylic acid groups (broad SMARTS) is 1. The van der Waals surface area contributed by atoms with Crippen molar-refractivity contribution in [3.8, 4) is 0 Å². The Morgan fingerprint density at radius 1 is 1.41 bits per heavy atom. The number of sulfone groups is 1. The second kappa shape index (κ2) is 7.34. The summed E-state index contributed by atoms with van der Waals surface area (Å²) in [7, 11) is -4.21. The molecule has 27 heavy (non-hydrogen) atoms. The summed E-state index contributed by atoms with van der Waals surface area (Å²) in [4.78, 5) is 39.9. The van der Waals surface area contributed by atoms with Gasteiger partial charge in [0.25, 0.3) is 5.91 Å². The molecule has 1 amide bonds. The number of ether oxygens (including phenoxy) is 1. The van der Waals surface area contributed by atoms with Crippen molar-refractivity contribution >= 4 is 33.8 Å². The molecule has 138 valence electrons. The van der Waals surface area contributed by atoms with Crippen LogP contribution in [0.2, 0.25) is 0 Å². The molecule has 2 saturated heterocycles. The smallest absolute Gasteiger partial charge is 0.548 e. The van der Waals surface area contributed by atoms with Crippen LogP contribution in [0.15, 0.2) is 30.0 Å². The second-order valence-corrected chi connectivity index (χ2v) is 8.75. The molecule has 2 fully saturated rings. The van der Waals surface area contributed by atoms with Gasteiger partial charge in [-0.15, -0.1) is 0 Å². The van der Waals surface area contributed by atoms with Crippen molar-refractivity contribution in [1.82, 2.24) is 9.88 Å². The van der Waals surface area contributed by atoms with E-state index in [-0.39, 0.29) is 35.1 Å². The number of pyridine rings is 1. The minimum atomic E-state index is -4.21. The Hall–Kier alpha value is -1.75. The van der Waals surface area contributed by atoms with Crippen molar-refractivity contribution in [2.24, 2.45) is 0 Å². The molecule has 3 heterocycles. The first-order valence-electron chi connectivity index (χ1n) is 7.64. The molecule has 0 aliphatic carbocycles. The Balaban J connectivity index is 0.00000261. The predicted molar refractivity (Wildman–Crippen MR) is 85.6 cm³/mol. The van der Waals surface area contributed by atoms with Crippen molar-refractivity contribution in [3.63, 3.8) is 0 Å². The zero-order chi connectivity index (χ0) is 19.3. The number of aromatic nitrogens is 1. The van der Waals surface area contributed by atoms with Gasteiger partial charge in [-0.2, -0.15) is 0 Å². The van der Waals surface area contributed by atoms with E-state index in [1.807, 2.05) is 0 Å². The van der Waals surface area contributed by atoms with Crippen LogP contribution >= 0.6 is 0 Å². The summed E-state index contributed by atoms with van der Waals surface area (Å²) < 4.78 is 28.8. The van der Waals surface area contributed by atoms with Gasteiger partial charge in [0.15, 0.2) is 15.2 Å². The maximum atomic E-state index is 13.0. The number of rotatable bonds is 4. The molecule has 0 spiro atoms. The predicted octanol–water partition coefficient (Wildman–Crippen LogP) is -4.49. The van der Waals surface area contributed by atoms with Crippen LogP contribution in [0.1, 0.15) is 19.5 Å². The fourth-order valence-electron chi connectivity index (χ4n) is 3.24. The Bertz CT molecular complexity index is 931. The summed E-state index contributed by atoms with van der Waals surface area (Å²) in [6.07, 6.45) is 2.79. The number of esters is 1. The number of carboxylic acids is 1. The zero-order valence-corrected chi connectivity index (χ0v) is 17.7. The number of aliphatic carboxylic acids is 1. The van der Waals surface area contributed by atoms with E-state index in [0.29, 0.717) is 5.69 Å². The Kier molecular flexibility index (Phi) is 5.86. The third-order valence-corrected chi connectivity index (χ3v) is 7.29. The molecule has 1 aromatic heterocycles. The van der Waals surface area contributed by atoms with Gasteiger partial charge in [0.2, 0.25) is 0 Å². The number of fused-ring (bicyclic) bond motifs is 1. The van der Waals surface area contributed by atoms with Crippen LogP contribution in [-0.2, 0) is 29.0 Å². The molecule has 3 rings (SSSR count). The summed E-state index contributed by atoms with van der Waals surface area (Å²) >= 11 is 0. The van der Waals surface area contributed by atoms with Gasteiger partial charge in [-0.25, -0.2) is 8.42 Å². The quantitative estimate of drug-likeness (QED) is 0.213. The van der Waals surface area contributed by atoms with E-state index in [1.165, 1.54) is 12.3 Å². The van der Waals surface area contributed by atoms with Crippen LogP contribution in [0.5, 0.6) is 0 Å². The van der Waals surface area contributed by atoms with Gasteiger partial charge in [0.05, 0.1) is 23.3 Å². The van der Waals surface area contributed by atoms with E-state index in [0.717, 1.165) is 18.7 Å². The molecule has 0 saturated carbocycles. The van der Waals surface area contributed by atoms with Crippen LogP contribution in [0, 0.1) is 0 Å². The fourth-order valence-corrected chi connectivity index (χ4v) is 5.52. The molecule has 0 bridgehead atoms. The number of nitrogens with zero attached hydrogens (tertiary/aromatic N) is 2. The van der Waals surface area contributed by atoms with Gasteiger partial charge in [0.1, 0.15) is 11.4 Å². The maximum absolute atomic E-state index is 13.0. The van der Waals surface area contributed by atoms with Gasteiger partial charge in [-0.05, 0) is 25.1 Å². The molecule has 3 atom stereocenters. The Morgan fingerprint density at radius 3 is 2.59 bits per heavy atom. The van der Waals surface area contributed by atoms with Gasteiger partial charge in [0, 0.05) is 13.1 Å². The van der Waals surface area contributed by atoms with Gasteiger partial charge >= 0.3 is 35.5 Å². The topological polar surface area (TPSA) is 134 Å². The third kappa shape index (κ3) is 3.20. The van der Waals surface area contributed by atoms with E-state index in [1.54, 1.807) is 18.2 Å². The molecule has 11 heteroatoms. The van der Waals surface area contributed by atoms with Crippen LogP contribution in [0.4, 0.5) is 0 Å². The summed E-state index contributed by atoms with van der Waals surface area (Å²) in [6, 6.07) is 3.15. The molecule has 0 N–H and O–H groups in total. The van der Waals surface area contributed by atoms with Crippen molar-refractivity contribution < 1.29 is 62.2 Å². The summed E-state index contributed by atoms with van der Waals surface area (Å²) in [5.41, 5.74) is 0.283. The second-order valence-electron chi connectivity index (χ2n) is 6.28. The maximum Gasteiger partial charge on any atom is 1.00 e. The van der Waals surface area contributed by atoms with E-state index in [4.69, 9.17) is 4.74 Å². The molecule has 0 unspecified atom stereocenters. The molecular formula is C16H15N2NaO7S. The van der Waals surface area contributed by atoms with Gasteiger partial charge < -0.3 is 19.5 Å². The zero-order valence-electron chi connectivity index (χ0n) is 14.9. The molecule has 2 aliphatic heterocycles. The van der Waals surface area contributed by atoms with Crippen LogP contribution in [0.3, 0.4) is 0 Å². The van der Waals surface area contributed by atoms with E-state index < -0.39 is 50.5 Å².